The van der Waals surface area contributed by atoms with Gasteiger partial charge in [-0.3, -0.25) is 4.79 Å². The summed E-state index contributed by atoms with van der Waals surface area (Å²) in [5.41, 5.74) is 1.81. The zero-order valence-electron chi connectivity index (χ0n) is 12.0. The van der Waals surface area contributed by atoms with Crippen LogP contribution in [0.4, 0.5) is 5.69 Å². The minimum absolute atomic E-state index is 0.119. The van der Waals surface area contributed by atoms with Crippen LogP contribution in [0.5, 0.6) is 0 Å². The van der Waals surface area contributed by atoms with E-state index in [9.17, 15) is 4.79 Å². The van der Waals surface area contributed by atoms with Gasteiger partial charge in [0.2, 0.25) is 0 Å². The number of Topliss-reactive ketones (excluding diaryl/α,β-unsaturated/α-hetero) is 1. The van der Waals surface area contributed by atoms with E-state index in [4.69, 9.17) is 0 Å². The van der Waals surface area contributed by atoms with Crippen molar-refractivity contribution in [3.05, 3.63) is 29.8 Å². The molecular weight excluding hydrogens is 236 g/mol. The van der Waals surface area contributed by atoms with Gasteiger partial charge in [0.05, 0.1) is 0 Å². The van der Waals surface area contributed by atoms with Crippen LogP contribution in [0.3, 0.4) is 0 Å². The molecule has 1 fully saturated rings. The number of hydrogen-bond acceptors (Lipinski definition) is 3. The van der Waals surface area contributed by atoms with Gasteiger partial charge in [0.1, 0.15) is 0 Å². The molecule has 0 unspecified atom stereocenters. The highest BCUT2D eigenvalue weighted by atomic mass is 16.1. The summed E-state index contributed by atoms with van der Waals surface area (Å²) in [5, 5.41) is 3.40. The van der Waals surface area contributed by atoms with Gasteiger partial charge in [-0.15, -0.1) is 0 Å². The van der Waals surface area contributed by atoms with E-state index in [1.165, 1.54) is 25.9 Å². The molecule has 0 spiro atoms. The first-order valence-electron chi connectivity index (χ1n) is 7.22. The SMILES string of the molecule is CC(=O)c1cccc(NCCN2CCC(C)CC2)c1. The van der Waals surface area contributed by atoms with E-state index >= 15 is 0 Å². The molecule has 1 aliphatic rings. The second-order valence-corrected chi connectivity index (χ2v) is 5.59. The van der Waals surface area contributed by atoms with Crippen LogP contribution in [0.15, 0.2) is 24.3 Å². The van der Waals surface area contributed by atoms with Crippen molar-refractivity contribution >= 4 is 11.5 Å². The molecule has 19 heavy (non-hydrogen) atoms. The maximum absolute atomic E-state index is 11.3. The summed E-state index contributed by atoms with van der Waals surface area (Å²) < 4.78 is 0. The summed E-state index contributed by atoms with van der Waals surface area (Å²) in [6.07, 6.45) is 2.64. The molecule has 0 amide bonds. The fraction of sp³-hybridized carbons (Fsp3) is 0.562. The van der Waals surface area contributed by atoms with Gasteiger partial charge in [-0.2, -0.15) is 0 Å². The van der Waals surface area contributed by atoms with Gasteiger partial charge in [0, 0.05) is 24.3 Å². The molecule has 3 nitrogen and oxygen atoms in total. The first kappa shape index (κ1) is 14.1. The Morgan fingerprint density at radius 2 is 2.11 bits per heavy atom. The lowest BCUT2D eigenvalue weighted by atomic mass is 9.99. The molecule has 0 aromatic heterocycles. The molecule has 1 aromatic rings. The predicted molar refractivity (Wildman–Crippen MR) is 79.8 cm³/mol. The summed E-state index contributed by atoms with van der Waals surface area (Å²) in [6.45, 7) is 8.40. The van der Waals surface area contributed by atoms with E-state index in [2.05, 4.69) is 17.1 Å². The van der Waals surface area contributed by atoms with Crippen LogP contribution >= 0.6 is 0 Å². The van der Waals surface area contributed by atoms with Gasteiger partial charge in [-0.05, 0) is 50.9 Å². The predicted octanol–water partition coefficient (Wildman–Crippen LogP) is 3.03. The average Bonchev–Trinajstić information content (AvgIpc) is 2.41. The molecule has 104 valence electrons. The van der Waals surface area contributed by atoms with E-state index in [0.717, 1.165) is 30.3 Å². The molecule has 1 aliphatic heterocycles. The summed E-state index contributed by atoms with van der Waals surface area (Å²) in [4.78, 5) is 13.8. The molecule has 0 atom stereocenters. The van der Waals surface area contributed by atoms with Crippen LogP contribution in [-0.4, -0.2) is 36.9 Å². The van der Waals surface area contributed by atoms with Crippen LogP contribution in [0.2, 0.25) is 0 Å². The van der Waals surface area contributed by atoms with E-state index < -0.39 is 0 Å². The third-order valence-corrected chi connectivity index (χ3v) is 3.90. The fourth-order valence-electron chi connectivity index (χ4n) is 2.49. The number of piperidine rings is 1. The Morgan fingerprint density at radius 1 is 1.37 bits per heavy atom. The van der Waals surface area contributed by atoms with E-state index in [1.807, 2.05) is 24.3 Å². The van der Waals surface area contributed by atoms with Crippen molar-refractivity contribution in [2.75, 3.05) is 31.5 Å². The Balaban J connectivity index is 1.76. The number of nitrogens with one attached hydrogen (secondary N) is 1. The lowest BCUT2D eigenvalue weighted by Gasteiger charge is -2.30. The highest BCUT2D eigenvalue weighted by Crippen LogP contribution is 2.16. The average molecular weight is 260 g/mol. The second kappa shape index (κ2) is 6.71. The molecule has 1 saturated heterocycles. The fourth-order valence-corrected chi connectivity index (χ4v) is 2.49. The number of rotatable bonds is 5. The number of benzene rings is 1. The minimum atomic E-state index is 0.119. The Bertz CT molecular complexity index is 423. The number of ketones is 1. The van der Waals surface area contributed by atoms with Gasteiger partial charge in [-0.25, -0.2) is 0 Å². The standard InChI is InChI=1S/C16H24N2O/c1-13-6-9-18(10-7-13)11-8-17-16-5-3-4-15(12-16)14(2)19/h3-5,12-13,17H,6-11H2,1-2H3. The minimum Gasteiger partial charge on any atom is -0.384 e. The summed E-state index contributed by atoms with van der Waals surface area (Å²) in [5.74, 6) is 1.00. The van der Waals surface area contributed by atoms with Crippen molar-refractivity contribution in [3.8, 4) is 0 Å². The van der Waals surface area contributed by atoms with Crippen LogP contribution in [0.25, 0.3) is 0 Å². The summed E-state index contributed by atoms with van der Waals surface area (Å²) in [6, 6.07) is 7.74. The van der Waals surface area contributed by atoms with Gasteiger partial charge in [0.15, 0.2) is 5.78 Å². The number of likely N-dealkylation sites (tertiary alicyclic amines) is 1. The van der Waals surface area contributed by atoms with Crippen molar-refractivity contribution in [2.45, 2.75) is 26.7 Å². The van der Waals surface area contributed by atoms with E-state index in [1.54, 1.807) is 6.92 Å². The van der Waals surface area contributed by atoms with Gasteiger partial charge >= 0.3 is 0 Å². The van der Waals surface area contributed by atoms with Gasteiger partial charge in [-0.1, -0.05) is 19.1 Å². The molecule has 1 aromatic carbocycles. The zero-order chi connectivity index (χ0) is 13.7. The molecule has 1 heterocycles. The quantitative estimate of drug-likeness (QED) is 0.826. The molecule has 0 bridgehead atoms. The molecule has 1 N–H and O–H groups in total. The topological polar surface area (TPSA) is 32.3 Å². The molecular formula is C16H24N2O. The summed E-state index contributed by atoms with van der Waals surface area (Å²) in [7, 11) is 0. The van der Waals surface area contributed by atoms with Gasteiger partial charge in [0.25, 0.3) is 0 Å². The zero-order valence-corrected chi connectivity index (χ0v) is 12.0. The highest BCUT2D eigenvalue weighted by molar-refractivity contribution is 5.94. The van der Waals surface area contributed by atoms with E-state index in [-0.39, 0.29) is 5.78 Å². The maximum Gasteiger partial charge on any atom is 0.159 e. The molecule has 0 radical (unpaired) electrons. The van der Waals surface area contributed by atoms with E-state index in [0.29, 0.717) is 0 Å². The Kier molecular flexibility index (Phi) is 4.97. The second-order valence-electron chi connectivity index (χ2n) is 5.59. The van der Waals surface area contributed by atoms with Crippen molar-refractivity contribution in [3.63, 3.8) is 0 Å². The van der Waals surface area contributed by atoms with Crippen molar-refractivity contribution in [1.29, 1.82) is 0 Å². The number of carbonyl (C=O) groups excluding carboxylic acids is 1. The normalized spacial score (nSPS) is 17.4. The van der Waals surface area contributed by atoms with Crippen molar-refractivity contribution < 1.29 is 4.79 Å². The van der Waals surface area contributed by atoms with Crippen molar-refractivity contribution in [2.24, 2.45) is 5.92 Å². The molecule has 3 heteroatoms. The number of nitrogens with zero attached hydrogens (tertiary/aromatic N) is 1. The lowest BCUT2D eigenvalue weighted by Crippen LogP contribution is -2.36. The Hall–Kier alpha value is -1.35. The van der Waals surface area contributed by atoms with Crippen LogP contribution in [-0.2, 0) is 0 Å². The lowest BCUT2D eigenvalue weighted by molar-refractivity contribution is 0.101. The number of hydrogen-bond donors (Lipinski definition) is 1. The third-order valence-electron chi connectivity index (χ3n) is 3.90. The van der Waals surface area contributed by atoms with Crippen LogP contribution in [0.1, 0.15) is 37.0 Å². The molecule has 0 saturated carbocycles. The highest BCUT2D eigenvalue weighted by Gasteiger charge is 2.14. The Morgan fingerprint density at radius 3 is 2.79 bits per heavy atom. The number of carbonyl (C=O) groups is 1. The van der Waals surface area contributed by atoms with Crippen LogP contribution < -0.4 is 5.32 Å². The third kappa shape index (κ3) is 4.35. The van der Waals surface area contributed by atoms with Crippen LogP contribution in [0, 0.1) is 5.92 Å². The monoisotopic (exact) mass is 260 g/mol. The summed E-state index contributed by atoms with van der Waals surface area (Å²) >= 11 is 0. The molecule has 2 rings (SSSR count). The maximum atomic E-state index is 11.3. The smallest absolute Gasteiger partial charge is 0.159 e. The largest absolute Gasteiger partial charge is 0.384 e. The van der Waals surface area contributed by atoms with Gasteiger partial charge < -0.3 is 10.2 Å². The number of anilines is 1. The molecule has 0 aliphatic carbocycles. The van der Waals surface area contributed by atoms with Crippen molar-refractivity contribution in [1.82, 2.24) is 4.90 Å². The first-order chi connectivity index (χ1) is 9.15. The Labute approximate surface area is 116 Å². The first-order valence-corrected chi connectivity index (χ1v) is 7.22.